The van der Waals surface area contributed by atoms with Crippen molar-refractivity contribution in [1.82, 2.24) is 28.5 Å². The van der Waals surface area contributed by atoms with Gasteiger partial charge in [-0.3, -0.25) is 18.3 Å². The minimum absolute atomic E-state index is 0.183. The number of anilines is 1. The van der Waals surface area contributed by atoms with Gasteiger partial charge in [0.15, 0.2) is 6.23 Å². The smallest absolute Gasteiger partial charge is 0.325 e. The minimum Gasteiger partial charge on any atom is -0.394 e. The number of aliphatic hydroxyl groups is 3. The fraction of sp³-hybridized carbons (Fsp3) is 0.455. The molecule has 18 heteroatoms. The number of hydrogen-bond acceptors (Lipinski definition) is 13. The molecule has 6 rings (SSSR count). The molecule has 2 saturated heterocycles. The Morgan fingerprint density at radius 3 is 2.73 bits per heavy atom. The summed E-state index contributed by atoms with van der Waals surface area (Å²) in [6.07, 6.45) is 0.212. The molecule has 0 radical (unpaired) electrons. The van der Waals surface area contributed by atoms with E-state index in [-0.39, 0.29) is 24.4 Å². The lowest BCUT2D eigenvalue weighted by atomic mass is 10.1. The molecule has 0 aromatic carbocycles. The van der Waals surface area contributed by atoms with Crippen LogP contribution in [0.5, 0.6) is 0 Å². The molecule has 0 amide bonds. The summed E-state index contributed by atoms with van der Waals surface area (Å²) >= 11 is 5.21. The second-order valence-electron chi connectivity index (χ2n) is 9.38. The zero-order valence-electron chi connectivity index (χ0n) is 20.7. The van der Waals surface area contributed by atoms with Crippen molar-refractivity contribution >= 4 is 41.2 Å². The van der Waals surface area contributed by atoms with Crippen LogP contribution in [-0.4, -0.2) is 92.4 Å². The van der Waals surface area contributed by atoms with Gasteiger partial charge < -0.3 is 44.5 Å². The zero-order valence-corrected chi connectivity index (χ0v) is 22.4. The van der Waals surface area contributed by atoms with Crippen molar-refractivity contribution < 1.29 is 38.7 Å². The largest absolute Gasteiger partial charge is 0.394 e. The minimum atomic E-state index is -4.06. The van der Waals surface area contributed by atoms with Crippen LogP contribution >= 0.6 is 6.72 Å². The molecule has 0 saturated carbocycles. The van der Waals surface area contributed by atoms with Gasteiger partial charge >= 0.3 is 6.72 Å². The topological polar surface area (TPSA) is 214 Å². The molecule has 2 aliphatic heterocycles. The van der Waals surface area contributed by atoms with Gasteiger partial charge in [0.2, 0.25) is 5.78 Å². The normalized spacial score (nSPS) is 30.4. The number of nitrogens with two attached hydrogens (primary N) is 1. The Morgan fingerprint density at radius 2 is 1.93 bits per heavy atom. The predicted molar refractivity (Wildman–Crippen MR) is 140 cm³/mol. The third kappa shape index (κ3) is 4.83. The van der Waals surface area contributed by atoms with Crippen molar-refractivity contribution in [1.29, 1.82) is 0 Å². The van der Waals surface area contributed by atoms with E-state index in [0.717, 1.165) is 0 Å². The van der Waals surface area contributed by atoms with E-state index in [2.05, 4.69) is 15.0 Å². The summed E-state index contributed by atoms with van der Waals surface area (Å²) in [5.41, 5.74) is 6.10. The quantitative estimate of drug-likeness (QED) is 0.155. The van der Waals surface area contributed by atoms with Crippen LogP contribution in [0.3, 0.4) is 0 Å². The highest BCUT2D eigenvalue weighted by molar-refractivity contribution is 8.07. The Kier molecular flexibility index (Phi) is 7.20. The van der Waals surface area contributed by atoms with Crippen molar-refractivity contribution in [3.8, 4) is 0 Å². The van der Waals surface area contributed by atoms with Gasteiger partial charge in [-0.1, -0.05) is 0 Å². The molecular formula is C22H26N7O9PS. The molecule has 4 aromatic rings. The molecule has 16 nitrogen and oxygen atoms in total. The number of aliphatic hydroxyl groups excluding tert-OH is 3. The average molecular weight is 596 g/mol. The van der Waals surface area contributed by atoms with Gasteiger partial charge in [0, 0.05) is 37.3 Å². The molecule has 0 spiro atoms. The van der Waals surface area contributed by atoms with Crippen LogP contribution < -0.4 is 11.3 Å². The average Bonchev–Trinajstić information content (AvgIpc) is 3.70. The first-order valence-corrected chi connectivity index (χ1v) is 14.8. The molecule has 6 N–H and O–H groups in total. The Bertz CT molecular complexity index is 1650. The molecular weight excluding hydrogens is 569 g/mol. The first-order chi connectivity index (χ1) is 19.2. The predicted octanol–water partition coefficient (Wildman–Crippen LogP) is -0.959. The van der Waals surface area contributed by atoms with Crippen molar-refractivity contribution in [3.63, 3.8) is 0 Å². The summed E-state index contributed by atoms with van der Waals surface area (Å²) in [5.74, 6) is 0.498. The summed E-state index contributed by atoms with van der Waals surface area (Å²) < 4.78 is 27.4. The Balaban J connectivity index is 1.16. The zero-order chi connectivity index (χ0) is 28.2. The molecule has 0 aliphatic carbocycles. The number of nitrogens with zero attached hydrogens (tertiary/aromatic N) is 6. The van der Waals surface area contributed by atoms with Gasteiger partial charge in [-0.05, 0) is 17.9 Å². The maximum atomic E-state index is 12.1. The van der Waals surface area contributed by atoms with Crippen LogP contribution in [0.4, 0.5) is 5.82 Å². The third-order valence-electron chi connectivity index (χ3n) is 6.95. The lowest BCUT2D eigenvalue weighted by molar-refractivity contribution is -0.0550. The SMILES string of the molecule is Nc1ncnc2c1ccn2[C@H]1C[C@H](O)[C@@H](COP(O)(=S)O[C@@H]2[C@H](O)[C@@H](CO)O[C@H]2n2ccc(=O)n3ccnc23)O1. The Morgan fingerprint density at radius 1 is 1.12 bits per heavy atom. The molecule has 214 valence electrons. The summed E-state index contributed by atoms with van der Waals surface area (Å²) in [5, 5.41) is 31.8. The number of ether oxygens (including phenoxy) is 2. The fourth-order valence-corrected chi connectivity index (χ4v) is 6.38. The summed E-state index contributed by atoms with van der Waals surface area (Å²) in [6, 6.07) is 3.01. The van der Waals surface area contributed by atoms with Gasteiger partial charge in [0.05, 0.1) is 24.7 Å². The summed E-state index contributed by atoms with van der Waals surface area (Å²) in [4.78, 5) is 35.4. The van der Waals surface area contributed by atoms with Crippen LogP contribution in [0, 0.1) is 0 Å². The number of hydrogen-bond donors (Lipinski definition) is 5. The number of imidazole rings is 1. The Labute approximate surface area is 230 Å². The van der Waals surface area contributed by atoms with Crippen LogP contribution in [0.15, 0.2) is 48.0 Å². The van der Waals surface area contributed by atoms with Crippen LogP contribution in [0.25, 0.3) is 16.8 Å². The molecule has 8 atom stereocenters. The van der Waals surface area contributed by atoms with Crippen LogP contribution in [0.2, 0.25) is 0 Å². The number of fused-ring (bicyclic) bond motifs is 2. The van der Waals surface area contributed by atoms with Gasteiger partial charge in [0.1, 0.15) is 48.4 Å². The van der Waals surface area contributed by atoms with Crippen molar-refractivity contribution in [3.05, 3.63) is 53.6 Å². The second-order valence-corrected chi connectivity index (χ2v) is 12.2. The molecule has 4 aromatic heterocycles. The molecule has 2 aliphatic rings. The standard InChI is InChI=1S/C22H26N7O9PS/c23-19-11-1-4-28(20(11)26-10-25-19)16-7-12(31)14(36-16)9-35-39(34,40)38-18-17(33)13(8-30)37-21(18)29-5-2-15(32)27-6-3-24-22(27)29/h1-6,10,12-14,16-18,21,30-31,33H,7-9H2,(H,34,40)(H2,23,25,26)/t12-,13+,14+,16+,17+,18+,21+,39?/m0/s1. The first kappa shape index (κ1) is 27.3. The Hall–Kier alpha value is -2.83. The highest BCUT2D eigenvalue weighted by atomic mass is 32.5. The lowest BCUT2D eigenvalue weighted by Gasteiger charge is -2.27. The van der Waals surface area contributed by atoms with E-state index in [9.17, 15) is 25.0 Å². The number of aromatic nitrogens is 6. The van der Waals surface area contributed by atoms with Crippen molar-refractivity contribution in [2.75, 3.05) is 18.9 Å². The van der Waals surface area contributed by atoms with Crippen molar-refractivity contribution in [2.45, 2.75) is 49.4 Å². The molecule has 6 heterocycles. The molecule has 0 bridgehead atoms. The highest BCUT2D eigenvalue weighted by Crippen LogP contribution is 2.50. The monoisotopic (exact) mass is 595 g/mol. The van der Waals surface area contributed by atoms with Crippen LogP contribution in [-0.2, 0) is 30.3 Å². The first-order valence-electron chi connectivity index (χ1n) is 12.2. The van der Waals surface area contributed by atoms with Gasteiger partial charge in [-0.2, -0.15) is 0 Å². The number of nitrogen functional groups attached to an aromatic ring is 1. The maximum absolute atomic E-state index is 12.1. The van der Waals surface area contributed by atoms with Gasteiger partial charge in [-0.15, -0.1) is 0 Å². The van der Waals surface area contributed by atoms with Crippen LogP contribution in [0.1, 0.15) is 18.9 Å². The number of rotatable bonds is 8. The van der Waals surface area contributed by atoms with E-state index in [0.29, 0.717) is 16.9 Å². The van der Waals surface area contributed by atoms with Gasteiger partial charge in [-0.25, -0.2) is 15.0 Å². The summed E-state index contributed by atoms with van der Waals surface area (Å²) in [6.45, 7) is -4.93. The summed E-state index contributed by atoms with van der Waals surface area (Å²) in [7, 11) is 0. The molecule has 1 unspecified atom stereocenters. The van der Waals surface area contributed by atoms with Gasteiger partial charge in [0.25, 0.3) is 5.56 Å². The van der Waals surface area contributed by atoms with Crippen molar-refractivity contribution in [2.24, 2.45) is 0 Å². The molecule has 40 heavy (non-hydrogen) atoms. The van der Waals surface area contributed by atoms with E-state index in [1.165, 1.54) is 40.0 Å². The lowest BCUT2D eigenvalue weighted by Crippen LogP contribution is -2.35. The highest BCUT2D eigenvalue weighted by Gasteiger charge is 2.48. The van der Waals surface area contributed by atoms with E-state index < -0.39 is 56.3 Å². The second kappa shape index (κ2) is 10.5. The molecule has 2 fully saturated rings. The van der Waals surface area contributed by atoms with E-state index in [1.807, 2.05) is 0 Å². The van der Waals surface area contributed by atoms with E-state index in [1.54, 1.807) is 16.8 Å². The fourth-order valence-electron chi connectivity index (χ4n) is 4.97. The third-order valence-corrected chi connectivity index (χ3v) is 8.51. The van der Waals surface area contributed by atoms with E-state index in [4.69, 9.17) is 36.1 Å². The maximum Gasteiger partial charge on any atom is 0.325 e. The van der Waals surface area contributed by atoms with E-state index >= 15 is 0 Å².